The third-order valence-corrected chi connectivity index (χ3v) is 17.2. The highest BCUT2D eigenvalue weighted by Gasteiger charge is 2.34. The summed E-state index contributed by atoms with van der Waals surface area (Å²) in [5.41, 5.74) is 6.72. The average Bonchev–Trinajstić information content (AvgIpc) is 3.56. The average molecular weight is 1090 g/mol. The smallest absolute Gasteiger partial charge is 0.261 e. The van der Waals surface area contributed by atoms with E-state index in [0.29, 0.717) is 23.6 Å². The number of imide groups is 1. The van der Waals surface area contributed by atoms with E-state index in [4.69, 9.17) is 5.73 Å². The molecule has 2 amide bonds. The van der Waals surface area contributed by atoms with Gasteiger partial charge < -0.3 is 5.73 Å². The van der Waals surface area contributed by atoms with Gasteiger partial charge in [-0.1, -0.05) is 305 Å². The predicted molar refractivity (Wildman–Crippen MR) is 330 cm³/mol. The molecule has 0 spiro atoms. The molecule has 1 aromatic rings. The molecule has 0 bridgehead atoms. The van der Waals surface area contributed by atoms with E-state index in [2.05, 4.69) is 120 Å². The number of nitrogens with zero attached hydrogens (tertiary/aromatic N) is 1. The summed E-state index contributed by atoms with van der Waals surface area (Å²) in [6.45, 7) is 37.0. The first kappa shape index (κ1) is 71.8. The van der Waals surface area contributed by atoms with Gasteiger partial charge in [-0.3, -0.25) is 14.5 Å². The molecule has 0 aliphatic carbocycles. The summed E-state index contributed by atoms with van der Waals surface area (Å²) in [6, 6.07) is 7.16. The second-order valence-corrected chi connectivity index (χ2v) is 27.5. The molecule has 9 atom stereocenters. The summed E-state index contributed by atoms with van der Waals surface area (Å²) in [6.07, 6.45) is 41.0. The third kappa shape index (κ3) is 40.6. The molecule has 1 aromatic carbocycles. The van der Waals surface area contributed by atoms with E-state index in [1.807, 2.05) is 12.1 Å². The van der Waals surface area contributed by atoms with Gasteiger partial charge in [0.1, 0.15) is 0 Å². The van der Waals surface area contributed by atoms with Crippen LogP contribution in [0.15, 0.2) is 24.3 Å². The Morgan fingerprint density at radius 2 is 0.562 bits per heavy atom. The Balaban J connectivity index is 0.00000110. The number of halogens is 1. The highest BCUT2D eigenvalue weighted by Crippen LogP contribution is 2.28. The summed E-state index contributed by atoms with van der Waals surface area (Å²) in [4.78, 5) is 26.4. The molecule has 0 radical (unpaired) electrons. The largest absolute Gasteiger partial charge is 0.330 e. The minimum absolute atomic E-state index is 0.125. The third-order valence-electron chi connectivity index (χ3n) is 16.8. The van der Waals surface area contributed by atoms with E-state index in [1.54, 1.807) is 12.1 Å². The fourth-order valence-corrected chi connectivity index (χ4v) is 11.9. The Morgan fingerprint density at radius 1 is 0.342 bits per heavy atom. The maximum Gasteiger partial charge on any atom is 0.261 e. The van der Waals surface area contributed by atoms with E-state index in [0.717, 1.165) is 78.1 Å². The Bertz CT molecular complexity index is 1350. The molecule has 4 nitrogen and oxygen atoms in total. The molecular weight excluding hydrogens is 957 g/mol. The van der Waals surface area contributed by atoms with Crippen LogP contribution < -0.4 is 5.73 Å². The van der Waals surface area contributed by atoms with Crippen LogP contribution in [0.4, 0.5) is 0 Å². The number of benzene rings is 1. The molecule has 0 saturated carbocycles. The van der Waals surface area contributed by atoms with Gasteiger partial charge in [0, 0.05) is 11.9 Å². The van der Waals surface area contributed by atoms with Crippen molar-refractivity contribution in [2.45, 2.75) is 296 Å². The van der Waals surface area contributed by atoms with Crippen LogP contribution in [-0.4, -0.2) is 35.1 Å². The molecule has 1 heterocycles. The van der Waals surface area contributed by atoms with Crippen LogP contribution in [0.1, 0.15) is 317 Å². The summed E-state index contributed by atoms with van der Waals surface area (Å²) in [5.74, 6) is 9.99. The fraction of sp³-hybridized carbons (Fsp3) is 0.882. The molecule has 2 N–H and O–H groups in total. The molecule has 0 aromatic heterocycles. The SMILES string of the molecule is CC(C)CCCC(C)CCCC(C)CCCC(C)CCBr.CC(C)CCCC(C)CCCC(C)CCCC(C)CCN.CC(C)CCCC(C)CCCC(C)CCCC(C)CCN1C(=O)c2ccccc2C1=O. The summed E-state index contributed by atoms with van der Waals surface area (Å²) >= 11 is 3.54. The van der Waals surface area contributed by atoms with Crippen LogP contribution in [0.5, 0.6) is 0 Å². The first-order chi connectivity index (χ1) is 34.7. The second kappa shape index (κ2) is 45.8. The van der Waals surface area contributed by atoms with Crippen molar-refractivity contribution in [2.24, 2.45) is 76.7 Å². The van der Waals surface area contributed by atoms with E-state index in [9.17, 15) is 9.59 Å². The Hall–Kier alpha value is -1.20. The first-order valence-electron chi connectivity index (χ1n) is 31.9. The predicted octanol–water partition coefficient (Wildman–Crippen LogP) is 22.0. The molecule has 430 valence electrons. The topological polar surface area (TPSA) is 63.4 Å². The fourth-order valence-electron chi connectivity index (χ4n) is 11.1. The number of nitrogens with two attached hydrogens (primary N) is 1. The molecule has 0 saturated heterocycles. The second-order valence-electron chi connectivity index (χ2n) is 26.7. The van der Waals surface area contributed by atoms with Gasteiger partial charge in [0.05, 0.1) is 11.1 Å². The summed E-state index contributed by atoms with van der Waals surface area (Å²) in [7, 11) is 0. The maximum absolute atomic E-state index is 12.5. The van der Waals surface area contributed by atoms with Gasteiger partial charge >= 0.3 is 0 Å². The van der Waals surface area contributed by atoms with Gasteiger partial charge in [-0.15, -0.1) is 0 Å². The molecule has 0 fully saturated rings. The zero-order valence-electron chi connectivity index (χ0n) is 51.8. The lowest BCUT2D eigenvalue weighted by molar-refractivity contribution is 0.0645. The minimum Gasteiger partial charge on any atom is -0.330 e. The molecule has 9 unspecified atom stereocenters. The quantitative estimate of drug-likeness (QED) is 0.0524. The molecule has 1 aliphatic rings. The number of carbonyl (C=O) groups excluding carboxylic acids is 2. The lowest BCUT2D eigenvalue weighted by atomic mass is 9.91. The van der Waals surface area contributed by atoms with Crippen LogP contribution in [0.3, 0.4) is 0 Å². The number of fused-ring (bicyclic) bond motifs is 1. The van der Waals surface area contributed by atoms with Gasteiger partial charge in [-0.2, -0.15) is 0 Å². The standard InChI is InChI=1S/C28H45NO2.C20H41Br.C20H43N/c1-21(2)11-8-12-22(3)13-9-14-23(4)15-10-16-24(5)19-20-29-27(30)25-17-6-7-18-26(25)28(29)31;2*1-17(2)9-6-10-18(3)11-7-12-19(4)13-8-14-20(5)15-16-21/h6-7,17-18,21-24H,8-16,19-20H2,1-5H3;17-20H,6-16H2,1-5H3;17-20H,6-16,21H2,1-5H3. The number of carbonyl (C=O) groups is 2. The van der Waals surface area contributed by atoms with Gasteiger partial charge in [0.25, 0.3) is 11.8 Å². The van der Waals surface area contributed by atoms with Crippen molar-refractivity contribution in [3.05, 3.63) is 35.4 Å². The van der Waals surface area contributed by atoms with Gasteiger partial charge in [-0.05, 0) is 109 Å². The molecular formula is C68H129BrN2O2. The van der Waals surface area contributed by atoms with E-state index >= 15 is 0 Å². The number of hydrogen-bond acceptors (Lipinski definition) is 3. The van der Waals surface area contributed by atoms with Crippen molar-refractivity contribution in [3.63, 3.8) is 0 Å². The van der Waals surface area contributed by atoms with Crippen molar-refractivity contribution in [1.29, 1.82) is 0 Å². The van der Waals surface area contributed by atoms with Crippen molar-refractivity contribution < 1.29 is 9.59 Å². The zero-order valence-corrected chi connectivity index (χ0v) is 53.4. The molecule has 5 heteroatoms. The maximum atomic E-state index is 12.5. The number of hydrogen-bond donors (Lipinski definition) is 1. The van der Waals surface area contributed by atoms with E-state index in [-0.39, 0.29) is 11.8 Å². The van der Waals surface area contributed by atoms with Crippen molar-refractivity contribution >= 4 is 27.7 Å². The van der Waals surface area contributed by atoms with E-state index < -0.39 is 0 Å². The van der Waals surface area contributed by atoms with Crippen LogP contribution in [0, 0.1) is 71.0 Å². The van der Waals surface area contributed by atoms with Crippen LogP contribution >= 0.6 is 15.9 Å². The summed E-state index contributed by atoms with van der Waals surface area (Å²) < 4.78 is 0. The van der Waals surface area contributed by atoms with Crippen LogP contribution in [0.2, 0.25) is 0 Å². The van der Waals surface area contributed by atoms with Crippen molar-refractivity contribution in [3.8, 4) is 0 Å². The Labute approximate surface area is 466 Å². The Kier molecular flexibility index (Phi) is 45.0. The molecule has 73 heavy (non-hydrogen) atoms. The highest BCUT2D eigenvalue weighted by atomic mass is 79.9. The molecule has 2 rings (SSSR count). The lowest BCUT2D eigenvalue weighted by Gasteiger charge is -2.18. The minimum atomic E-state index is -0.125. The van der Waals surface area contributed by atoms with Gasteiger partial charge in [0.2, 0.25) is 0 Å². The van der Waals surface area contributed by atoms with Gasteiger partial charge in [0.15, 0.2) is 0 Å². The van der Waals surface area contributed by atoms with Crippen molar-refractivity contribution in [1.82, 2.24) is 4.90 Å². The van der Waals surface area contributed by atoms with E-state index in [1.165, 1.54) is 196 Å². The Morgan fingerprint density at radius 3 is 0.795 bits per heavy atom. The zero-order chi connectivity index (χ0) is 55.0. The number of alkyl halides is 1. The van der Waals surface area contributed by atoms with Crippen molar-refractivity contribution in [2.75, 3.05) is 18.4 Å². The lowest BCUT2D eigenvalue weighted by Crippen LogP contribution is -2.31. The monoisotopic (exact) mass is 1080 g/mol. The number of rotatable bonds is 43. The highest BCUT2D eigenvalue weighted by molar-refractivity contribution is 9.09. The first-order valence-corrected chi connectivity index (χ1v) is 33.0. The molecule has 1 aliphatic heterocycles. The number of amides is 2. The van der Waals surface area contributed by atoms with Gasteiger partial charge in [-0.25, -0.2) is 0 Å². The van der Waals surface area contributed by atoms with Crippen LogP contribution in [0.25, 0.3) is 0 Å². The summed E-state index contributed by atoms with van der Waals surface area (Å²) in [5, 5.41) is 1.17. The normalized spacial score (nSPS) is 16.4. The van der Waals surface area contributed by atoms with Crippen LogP contribution in [-0.2, 0) is 0 Å².